The Morgan fingerprint density at radius 1 is 1.23 bits per heavy atom. The molecule has 0 aliphatic carbocycles. The minimum atomic E-state index is 0.0135. The number of hydrogen-bond donors (Lipinski definition) is 2. The van der Waals surface area contributed by atoms with Gasteiger partial charge < -0.3 is 20.5 Å². The molecule has 0 fully saturated rings. The Labute approximate surface area is 177 Å². The fraction of sp³-hybridized carbons (Fsp3) is 0.364. The highest BCUT2D eigenvalue weighted by Crippen LogP contribution is 2.24. The topological polar surface area (TPSA) is 119 Å². The normalized spacial score (nSPS) is 12.1. The molecular weight excluding hydrogens is 380 g/mol. The van der Waals surface area contributed by atoms with E-state index in [0.717, 1.165) is 24.2 Å². The molecule has 30 heavy (non-hydrogen) atoms. The molecule has 0 bridgehead atoms. The van der Waals surface area contributed by atoms with Gasteiger partial charge in [-0.3, -0.25) is 0 Å². The number of nitriles is 1. The molecule has 1 aromatic carbocycles. The summed E-state index contributed by atoms with van der Waals surface area (Å²) in [5, 5.41) is 12.9. The fourth-order valence-corrected chi connectivity index (χ4v) is 2.74. The van der Waals surface area contributed by atoms with Crippen molar-refractivity contribution in [3.8, 4) is 11.8 Å². The number of nitrogens with two attached hydrogens (primary N) is 1. The van der Waals surface area contributed by atoms with Crippen molar-refractivity contribution in [1.29, 1.82) is 5.26 Å². The number of aromatic nitrogens is 3. The predicted molar refractivity (Wildman–Crippen MR) is 115 cm³/mol. The van der Waals surface area contributed by atoms with Gasteiger partial charge in [-0.25, -0.2) is 15.0 Å². The number of allylic oxidation sites excluding steroid dienone is 1. The summed E-state index contributed by atoms with van der Waals surface area (Å²) in [4.78, 5) is 11.8. The van der Waals surface area contributed by atoms with Crippen molar-refractivity contribution in [3.05, 3.63) is 66.2 Å². The maximum atomic E-state index is 9.52. The van der Waals surface area contributed by atoms with E-state index in [1.54, 1.807) is 6.08 Å². The molecule has 8 heteroatoms. The van der Waals surface area contributed by atoms with Crippen LogP contribution in [0.15, 0.2) is 54.8 Å². The summed E-state index contributed by atoms with van der Waals surface area (Å²) in [5.41, 5.74) is 7.37. The van der Waals surface area contributed by atoms with Gasteiger partial charge in [0.25, 0.3) is 0 Å². The van der Waals surface area contributed by atoms with Gasteiger partial charge in [-0.2, -0.15) is 5.26 Å². The first-order valence-corrected chi connectivity index (χ1v) is 9.88. The molecule has 0 saturated carbocycles. The van der Waals surface area contributed by atoms with Crippen LogP contribution in [0.5, 0.6) is 5.75 Å². The highest BCUT2D eigenvalue weighted by atomic mass is 16.5. The molecule has 0 aliphatic rings. The Balaban J connectivity index is 2.01. The molecule has 1 aromatic heterocycles. The summed E-state index contributed by atoms with van der Waals surface area (Å²) in [6.07, 6.45) is 6.22. The molecule has 2 aromatic rings. The number of nitrogens with zero attached hydrogens (tertiary/aromatic N) is 4. The van der Waals surface area contributed by atoms with Crippen LogP contribution in [0.25, 0.3) is 6.08 Å². The number of ether oxygens (including phenoxy) is 2. The SMILES string of the molecule is C=C(NC(CCC)c1ccc(OCCOCCN)cc1)/C(C#N)=C/c1ncncn1. The Bertz CT molecular complexity index is 846. The number of rotatable bonds is 13. The lowest BCUT2D eigenvalue weighted by atomic mass is 10.0. The van der Waals surface area contributed by atoms with Crippen LogP contribution in [-0.4, -0.2) is 41.3 Å². The van der Waals surface area contributed by atoms with Crippen molar-refractivity contribution in [2.24, 2.45) is 5.73 Å². The van der Waals surface area contributed by atoms with Gasteiger partial charge >= 0.3 is 0 Å². The average molecular weight is 409 g/mol. The second kappa shape index (κ2) is 13.0. The largest absolute Gasteiger partial charge is 0.491 e. The van der Waals surface area contributed by atoms with Crippen molar-refractivity contribution in [2.45, 2.75) is 25.8 Å². The number of benzene rings is 1. The van der Waals surface area contributed by atoms with Crippen LogP contribution in [0.3, 0.4) is 0 Å². The van der Waals surface area contributed by atoms with Gasteiger partial charge in [-0.15, -0.1) is 0 Å². The molecule has 0 spiro atoms. The van der Waals surface area contributed by atoms with Gasteiger partial charge in [0.2, 0.25) is 0 Å². The van der Waals surface area contributed by atoms with E-state index < -0.39 is 0 Å². The summed E-state index contributed by atoms with van der Waals surface area (Å²) in [7, 11) is 0. The predicted octanol–water partition coefficient (Wildman–Crippen LogP) is 2.78. The van der Waals surface area contributed by atoms with Gasteiger partial charge in [0.1, 0.15) is 31.1 Å². The van der Waals surface area contributed by atoms with Crippen LogP contribution < -0.4 is 15.8 Å². The van der Waals surface area contributed by atoms with E-state index in [0.29, 0.717) is 43.5 Å². The van der Waals surface area contributed by atoms with Gasteiger partial charge in [-0.05, 0) is 24.1 Å². The molecule has 1 heterocycles. The van der Waals surface area contributed by atoms with Crippen molar-refractivity contribution in [3.63, 3.8) is 0 Å². The van der Waals surface area contributed by atoms with E-state index in [-0.39, 0.29) is 6.04 Å². The Hall–Kier alpha value is -3.28. The molecule has 3 N–H and O–H groups in total. The zero-order valence-electron chi connectivity index (χ0n) is 17.3. The van der Waals surface area contributed by atoms with Crippen LogP contribution in [0.4, 0.5) is 0 Å². The van der Waals surface area contributed by atoms with Gasteiger partial charge in [0.05, 0.1) is 24.8 Å². The van der Waals surface area contributed by atoms with Crippen LogP contribution in [0.1, 0.15) is 37.2 Å². The molecule has 158 valence electrons. The average Bonchev–Trinajstić information content (AvgIpc) is 2.78. The molecule has 0 radical (unpaired) electrons. The van der Waals surface area contributed by atoms with Crippen molar-refractivity contribution >= 4 is 6.08 Å². The lowest BCUT2D eigenvalue weighted by Gasteiger charge is -2.21. The van der Waals surface area contributed by atoms with Crippen molar-refractivity contribution < 1.29 is 9.47 Å². The minimum absolute atomic E-state index is 0.0135. The van der Waals surface area contributed by atoms with Crippen LogP contribution >= 0.6 is 0 Å². The Morgan fingerprint density at radius 2 is 1.97 bits per heavy atom. The molecule has 1 atom stereocenters. The van der Waals surface area contributed by atoms with Crippen LogP contribution in [0.2, 0.25) is 0 Å². The summed E-state index contributed by atoms with van der Waals surface area (Å²) >= 11 is 0. The highest BCUT2D eigenvalue weighted by molar-refractivity contribution is 5.58. The minimum Gasteiger partial charge on any atom is -0.491 e. The molecule has 2 rings (SSSR count). The van der Waals surface area contributed by atoms with Gasteiger partial charge in [-0.1, -0.05) is 32.1 Å². The molecule has 0 amide bonds. The third-order valence-corrected chi connectivity index (χ3v) is 4.20. The molecule has 0 saturated heterocycles. The maximum Gasteiger partial charge on any atom is 0.156 e. The zero-order chi connectivity index (χ0) is 21.6. The summed E-state index contributed by atoms with van der Waals surface area (Å²) in [6.45, 7) is 8.16. The first-order chi connectivity index (χ1) is 14.7. The first kappa shape index (κ1) is 23.0. The maximum absolute atomic E-state index is 9.52. The number of hydrogen-bond acceptors (Lipinski definition) is 8. The summed E-state index contributed by atoms with van der Waals surface area (Å²) < 4.78 is 11.0. The molecule has 8 nitrogen and oxygen atoms in total. The first-order valence-electron chi connectivity index (χ1n) is 9.88. The van der Waals surface area contributed by atoms with E-state index in [4.69, 9.17) is 15.2 Å². The van der Waals surface area contributed by atoms with Crippen LogP contribution in [-0.2, 0) is 4.74 Å². The molecule has 1 unspecified atom stereocenters. The van der Waals surface area contributed by atoms with E-state index in [1.807, 2.05) is 24.3 Å². The standard InChI is InChI=1S/C22H28N6O2/c1-3-4-21(18-5-7-20(8-6-18)30-12-11-29-10-9-23)28-17(2)19(14-24)13-22-26-15-25-16-27-22/h5-8,13,15-16,21,28H,2-4,9-12,23H2,1H3/b19-13+. The quantitative estimate of drug-likeness (QED) is 0.295. The van der Waals surface area contributed by atoms with Crippen LogP contribution in [0, 0.1) is 11.3 Å². The van der Waals surface area contributed by atoms with E-state index in [9.17, 15) is 5.26 Å². The molecular formula is C22H28N6O2. The third-order valence-electron chi connectivity index (χ3n) is 4.20. The second-order valence-electron chi connectivity index (χ2n) is 6.45. The van der Waals surface area contributed by atoms with Crippen molar-refractivity contribution in [1.82, 2.24) is 20.3 Å². The van der Waals surface area contributed by atoms with Gasteiger partial charge in [0, 0.05) is 18.3 Å². The summed E-state index contributed by atoms with van der Waals surface area (Å²) in [6, 6.07) is 10.0. The zero-order valence-corrected chi connectivity index (χ0v) is 17.3. The second-order valence-corrected chi connectivity index (χ2v) is 6.45. The van der Waals surface area contributed by atoms with E-state index in [2.05, 4.69) is 39.8 Å². The van der Waals surface area contributed by atoms with E-state index >= 15 is 0 Å². The Morgan fingerprint density at radius 3 is 2.60 bits per heavy atom. The van der Waals surface area contributed by atoms with E-state index in [1.165, 1.54) is 12.7 Å². The lowest BCUT2D eigenvalue weighted by molar-refractivity contribution is 0.106. The lowest BCUT2D eigenvalue weighted by Crippen LogP contribution is -2.21. The molecule has 0 aliphatic heterocycles. The highest BCUT2D eigenvalue weighted by Gasteiger charge is 2.14. The van der Waals surface area contributed by atoms with Crippen molar-refractivity contribution in [2.75, 3.05) is 26.4 Å². The third kappa shape index (κ3) is 7.62. The summed E-state index contributed by atoms with van der Waals surface area (Å²) in [5.74, 6) is 1.19. The number of nitrogens with one attached hydrogen (secondary N) is 1. The monoisotopic (exact) mass is 408 g/mol. The Kier molecular flexibility index (Phi) is 10.00. The fourth-order valence-electron chi connectivity index (χ4n) is 2.74. The van der Waals surface area contributed by atoms with Gasteiger partial charge in [0.15, 0.2) is 5.82 Å². The smallest absolute Gasteiger partial charge is 0.156 e.